The van der Waals surface area contributed by atoms with E-state index < -0.39 is 34.0 Å². The van der Waals surface area contributed by atoms with Gasteiger partial charge in [-0.3, -0.25) is 4.79 Å². The molecule has 150 valence electrons. The molecule has 6 nitrogen and oxygen atoms in total. The van der Waals surface area contributed by atoms with E-state index in [9.17, 15) is 17.6 Å². The van der Waals surface area contributed by atoms with E-state index in [1.807, 2.05) is 6.07 Å². The third-order valence-electron chi connectivity index (χ3n) is 4.14. The van der Waals surface area contributed by atoms with Crippen LogP contribution < -0.4 is 10.0 Å². The van der Waals surface area contributed by atoms with Crippen LogP contribution in [-0.4, -0.2) is 31.2 Å². The van der Waals surface area contributed by atoms with Gasteiger partial charge in [0.05, 0.1) is 14.9 Å². The van der Waals surface area contributed by atoms with Crippen LogP contribution in [0.2, 0.25) is 5.02 Å². The van der Waals surface area contributed by atoms with Crippen LogP contribution >= 0.6 is 38.9 Å². The average Bonchev–Trinajstić information content (AvgIpc) is 3.06. The topological polar surface area (TPSA) is 78.5 Å². The Morgan fingerprint density at radius 3 is 2.82 bits per heavy atom. The highest BCUT2D eigenvalue weighted by Crippen LogP contribution is 2.34. The minimum atomic E-state index is -3.92. The molecule has 1 fully saturated rings. The summed E-state index contributed by atoms with van der Waals surface area (Å²) in [5.41, 5.74) is 0.279. The number of hydrogen-bond acceptors (Lipinski definition) is 4. The van der Waals surface area contributed by atoms with Gasteiger partial charge in [0.15, 0.2) is 0 Å². The van der Waals surface area contributed by atoms with Gasteiger partial charge in [-0.25, -0.2) is 4.39 Å². The number of rotatable bonds is 5. The molecule has 0 spiro atoms. The van der Waals surface area contributed by atoms with Crippen molar-refractivity contribution in [1.82, 2.24) is 9.03 Å². The Hall–Kier alpha value is -1.30. The molecule has 2 aromatic rings. The fraction of sp³-hybridized carbons (Fsp3) is 0.235. The van der Waals surface area contributed by atoms with E-state index in [0.29, 0.717) is 0 Å². The molecule has 1 aromatic carbocycles. The number of hydrogen-bond donors (Lipinski definition) is 2. The Morgan fingerprint density at radius 2 is 2.21 bits per heavy atom. The molecule has 1 amide bonds. The Bertz CT molecular complexity index is 1010. The summed E-state index contributed by atoms with van der Waals surface area (Å²) in [4.78, 5) is 13.7. The second kappa shape index (κ2) is 8.60. The first-order valence-electron chi connectivity index (χ1n) is 8.12. The van der Waals surface area contributed by atoms with Crippen molar-refractivity contribution in [2.45, 2.75) is 18.5 Å². The quantitative estimate of drug-likeness (QED) is 0.598. The van der Waals surface area contributed by atoms with E-state index in [-0.39, 0.29) is 23.7 Å². The number of benzene rings is 1. The highest BCUT2D eigenvalue weighted by atomic mass is 79.9. The first-order chi connectivity index (χ1) is 13.2. The number of carbonyl (C=O) groups is 1. The number of nitrogens with one attached hydrogen (secondary N) is 2. The van der Waals surface area contributed by atoms with E-state index in [2.05, 4.69) is 32.5 Å². The van der Waals surface area contributed by atoms with Crippen molar-refractivity contribution in [3.05, 3.63) is 62.5 Å². The van der Waals surface area contributed by atoms with Crippen molar-refractivity contribution in [1.29, 1.82) is 0 Å². The maximum atomic E-state index is 13.3. The summed E-state index contributed by atoms with van der Waals surface area (Å²) in [7, 11) is -3.92. The normalized spacial score (nSPS) is 22.0. The Balaban J connectivity index is 1.89. The highest BCUT2D eigenvalue weighted by molar-refractivity contribution is 9.11. The fourth-order valence-electron chi connectivity index (χ4n) is 2.88. The van der Waals surface area contributed by atoms with Gasteiger partial charge in [-0.2, -0.15) is 17.4 Å². The summed E-state index contributed by atoms with van der Waals surface area (Å²) >= 11 is 10.5. The third kappa shape index (κ3) is 4.64. The van der Waals surface area contributed by atoms with Crippen LogP contribution in [0.1, 0.15) is 17.3 Å². The standard InChI is InChI=1S/C17H16BrClFN3O3S2/c1-2-7-23-14(17(24)21-10-3-4-12(20)11(19)8-10)9-13(22-28(23,25)26)15-5-6-16(18)27-15/h2-6,8,13-14,22H,1,7,9H2,(H,21,24). The lowest BCUT2D eigenvalue weighted by Crippen LogP contribution is -2.57. The van der Waals surface area contributed by atoms with E-state index in [4.69, 9.17) is 11.6 Å². The van der Waals surface area contributed by atoms with Crippen molar-refractivity contribution in [3.8, 4) is 0 Å². The molecule has 1 saturated heterocycles. The maximum Gasteiger partial charge on any atom is 0.281 e. The lowest BCUT2D eigenvalue weighted by atomic mass is 10.0. The van der Waals surface area contributed by atoms with Crippen molar-refractivity contribution in [2.24, 2.45) is 0 Å². The predicted octanol–water partition coefficient (Wildman–Crippen LogP) is 4.08. The average molecular weight is 509 g/mol. The molecule has 2 N–H and O–H groups in total. The minimum Gasteiger partial charge on any atom is -0.325 e. The summed E-state index contributed by atoms with van der Waals surface area (Å²) in [6.45, 7) is 3.54. The molecule has 2 unspecified atom stereocenters. The van der Waals surface area contributed by atoms with E-state index in [0.717, 1.165) is 19.0 Å². The molecule has 28 heavy (non-hydrogen) atoms. The lowest BCUT2D eigenvalue weighted by Gasteiger charge is -2.37. The smallest absolute Gasteiger partial charge is 0.281 e. The van der Waals surface area contributed by atoms with Crippen molar-refractivity contribution >= 4 is 60.7 Å². The molecule has 1 aliphatic rings. The van der Waals surface area contributed by atoms with Gasteiger partial charge in [0.2, 0.25) is 5.91 Å². The zero-order valence-corrected chi connectivity index (χ0v) is 18.3. The molecule has 0 radical (unpaired) electrons. The largest absolute Gasteiger partial charge is 0.325 e. The molecular weight excluding hydrogens is 493 g/mol. The van der Waals surface area contributed by atoms with Crippen molar-refractivity contribution in [2.75, 3.05) is 11.9 Å². The lowest BCUT2D eigenvalue weighted by molar-refractivity contribution is -0.120. The summed E-state index contributed by atoms with van der Waals surface area (Å²) in [6, 6.07) is 5.87. The minimum absolute atomic E-state index is 0.0293. The summed E-state index contributed by atoms with van der Waals surface area (Å²) in [5, 5.41) is 2.48. The summed E-state index contributed by atoms with van der Waals surface area (Å²) < 4.78 is 43.3. The van der Waals surface area contributed by atoms with Crippen LogP contribution in [0.5, 0.6) is 0 Å². The van der Waals surface area contributed by atoms with Crippen LogP contribution in [0.15, 0.2) is 46.8 Å². The molecule has 0 bridgehead atoms. The third-order valence-corrected chi connectivity index (χ3v) is 7.77. The summed E-state index contributed by atoms with van der Waals surface area (Å²) in [6.07, 6.45) is 1.64. The molecule has 3 rings (SSSR count). The van der Waals surface area contributed by atoms with Gasteiger partial charge in [0, 0.05) is 17.1 Å². The van der Waals surface area contributed by atoms with Gasteiger partial charge in [0.25, 0.3) is 10.2 Å². The molecule has 2 atom stereocenters. The number of halogens is 3. The zero-order chi connectivity index (χ0) is 20.5. The first kappa shape index (κ1) is 21.4. The van der Waals surface area contributed by atoms with Crippen LogP contribution in [0.4, 0.5) is 10.1 Å². The molecular formula is C17H16BrClFN3O3S2. The monoisotopic (exact) mass is 507 g/mol. The summed E-state index contributed by atoms with van der Waals surface area (Å²) in [5.74, 6) is -1.14. The van der Waals surface area contributed by atoms with Crippen molar-refractivity contribution in [3.63, 3.8) is 0 Å². The van der Waals surface area contributed by atoms with Crippen LogP contribution in [0.3, 0.4) is 0 Å². The fourth-order valence-corrected chi connectivity index (χ4v) is 6.16. The molecule has 1 aliphatic heterocycles. The van der Waals surface area contributed by atoms with Crippen molar-refractivity contribution < 1.29 is 17.6 Å². The van der Waals surface area contributed by atoms with E-state index >= 15 is 0 Å². The number of anilines is 1. The number of amides is 1. The van der Waals surface area contributed by atoms with E-state index in [1.54, 1.807) is 6.07 Å². The second-order valence-corrected chi connectivity index (χ2v) is 10.6. The number of thiophene rings is 1. The molecule has 2 heterocycles. The molecule has 0 saturated carbocycles. The van der Waals surface area contributed by atoms with Gasteiger partial charge >= 0.3 is 0 Å². The van der Waals surface area contributed by atoms with Crippen LogP contribution in [0.25, 0.3) is 0 Å². The second-order valence-electron chi connectivity index (χ2n) is 6.05. The Kier molecular flexibility index (Phi) is 6.58. The molecule has 11 heteroatoms. The molecule has 0 aliphatic carbocycles. The number of carbonyl (C=O) groups excluding carboxylic acids is 1. The van der Waals surface area contributed by atoms with Gasteiger partial charge in [-0.05, 0) is 52.7 Å². The van der Waals surface area contributed by atoms with E-state index in [1.165, 1.54) is 29.5 Å². The van der Waals surface area contributed by atoms with Crippen LogP contribution in [-0.2, 0) is 15.0 Å². The zero-order valence-electron chi connectivity index (χ0n) is 14.4. The SMILES string of the molecule is C=CCN1C(C(=O)Nc2ccc(F)c(Cl)c2)CC(c2ccc(Br)s2)NS1(=O)=O. The maximum absolute atomic E-state index is 13.3. The number of nitrogens with zero attached hydrogens (tertiary/aromatic N) is 1. The highest BCUT2D eigenvalue weighted by Gasteiger charge is 2.42. The first-order valence-corrected chi connectivity index (χ1v) is 11.5. The van der Waals surface area contributed by atoms with Crippen LogP contribution in [0, 0.1) is 5.82 Å². The Morgan fingerprint density at radius 1 is 1.46 bits per heavy atom. The Labute approximate surface area is 179 Å². The predicted molar refractivity (Wildman–Crippen MR) is 112 cm³/mol. The van der Waals surface area contributed by atoms with Gasteiger partial charge in [-0.1, -0.05) is 17.7 Å². The van der Waals surface area contributed by atoms with Gasteiger partial charge in [-0.15, -0.1) is 17.9 Å². The molecule has 1 aromatic heterocycles. The van der Waals surface area contributed by atoms with Gasteiger partial charge < -0.3 is 5.32 Å². The van der Waals surface area contributed by atoms with Gasteiger partial charge in [0.1, 0.15) is 11.9 Å².